The summed E-state index contributed by atoms with van der Waals surface area (Å²) in [6, 6.07) is 3.70. The summed E-state index contributed by atoms with van der Waals surface area (Å²) in [4.78, 5) is -0.409. The van der Waals surface area contributed by atoms with E-state index in [0.717, 1.165) is 6.07 Å². The Bertz CT molecular complexity index is 495. The number of nitrogens with one attached hydrogen (secondary N) is 1. The summed E-state index contributed by atoms with van der Waals surface area (Å²) in [7, 11) is -3.88. The third kappa shape index (κ3) is 4.62. The molecule has 0 saturated heterocycles. The molecule has 1 aromatic carbocycles. The summed E-state index contributed by atoms with van der Waals surface area (Å²) in [5.74, 6) is -0.826. The molecule has 0 bridgehead atoms. The fourth-order valence-electron chi connectivity index (χ4n) is 1.19. The quantitative estimate of drug-likeness (QED) is 0.722. The number of benzene rings is 1. The molecule has 0 aliphatic rings. The topological polar surface area (TPSA) is 75.6 Å². The highest BCUT2D eigenvalue weighted by atomic mass is 79.9. The van der Waals surface area contributed by atoms with Crippen LogP contribution in [0.25, 0.3) is 0 Å². The van der Waals surface area contributed by atoms with Crippen LogP contribution in [0.15, 0.2) is 27.6 Å². The lowest BCUT2D eigenvalue weighted by Gasteiger charge is -2.08. The molecule has 0 aliphatic heterocycles. The highest BCUT2D eigenvalue weighted by molar-refractivity contribution is 9.10. The van der Waals surface area contributed by atoms with Crippen molar-refractivity contribution in [1.82, 2.24) is 4.72 Å². The summed E-state index contributed by atoms with van der Waals surface area (Å²) in [5.41, 5.74) is 0. The zero-order valence-corrected chi connectivity index (χ0v) is 11.8. The molecule has 0 amide bonds. The van der Waals surface area contributed by atoms with Gasteiger partial charge in [-0.15, -0.1) is 0 Å². The molecule has 18 heavy (non-hydrogen) atoms. The van der Waals surface area contributed by atoms with E-state index in [1.165, 1.54) is 12.1 Å². The first-order chi connectivity index (χ1) is 8.47. The summed E-state index contributed by atoms with van der Waals surface area (Å²) >= 11 is 3.05. The summed E-state index contributed by atoms with van der Waals surface area (Å²) in [6.45, 7) is 0.123. The van der Waals surface area contributed by atoms with E-state index in [9.17, 15) is 12.8 Å². The molecular weight excluding hydrogens is 329 g/mol. The second-order valence-corrected chi connectivity index (χ2v) is 5.96. The van der Waals surface area contributed by atoms with Gasteiger partial charge in [-0.2, -0.15) is 0 Å². The molecule has 1 rings (SSSR count). The van der Waals surface area contributed by atoms with Gasteiger partial charge in [-0.25, -0.2) is 17.5 Å². The minimum absolute atomic E-state index is 0.0117. The van der Waals surface area contributed by atoms with E-state index in [1.54, 1.807) is 0 Å². The monoisotopic (exact) mass is 341 g/mol. The molecular formula is C10H13BrFNO4S. The first kappa shape index (κ1) is 15.5. The van der Waals surface area contributed by atoms with Crippen molar-refractivity contribution in [2.24, 2.45) is 0 Å². The molecule has 0 aromatic heterocycles. The first-order valence-corrected chi connectivity index (χ1v) is 7.38. The average Bonchev–Trinajstić information content (AvgIpc) is 2.28. The third-order valence-corrected chi connectivity index (χ3v) is 3.95. The molecule has 0 fully saturated rings. The second-order valence-electron chi connectivity index (χ2n) is 3.31. The molecule has 0 saturated carbocycles. The second kappa shape index (κ2) is 7.15. The molecule has 1 aromatic rings. The fourth-order valence-corrected chi connectivity index (χ4v) is 2.59. The van der Waals surface area contributed by atoms with Gasteiger partial charge in [-0.1, -0.05) is 15.9 Å². The van der Waals surface area contributed by atoms with Gasteiger partial charge in [-0.3, -0.25) is 0 Å². The molecule has 102 valence electrons. The zero-order chi connectivity index (χ0) is 13.6. The van der Waals surface area contributed by atoms with Gasteiger partial charge in [0, 0.05) is 11.0 Å². The van der Waals surface area contributed by atoms with Crippen LogP contribution in [0.2, 0.25) is 0 Å². The number of hydrogen-bond donors (Lipinski definition) is 2. The predicted molar refractivity (Wildman–Crippen MR) is 67.2 cm³/mol. The Morgan fingerprint density at radius 1 is 1.39 bits per heavy atom. The van der Waals surface area contributed by atoms with E-state index in [4.69, 9.17) is 9.84 Å². The summed E-state index contributed by atoms with van der Waals surface area (Å²) in [5, 5.41) is 8.45. The van der Waals surface area contributed by atoms with Crippen molar-refractivity contribution in [1.29, 1.82) is 0 Å². The Kier molecular flexibility index (Phi) is 6.16. The maximum atomic E-state index is 13.5. The fraction of sp³-hybridized carbons (Fsp3) is 0.400. The summed E-state index contributed by atoms with van der Waals surface area (Å²) < 4.78 is 44.5. The van der Waals surface area contributed by atoms with E-state index in [1.807, 2.05) is 0 Å². The van der Waals surface area contributed by atoms with E-state index in [2.05, 4.69) is 20.7 Å². The molecule has 0 unspecified atom stereocenters. The van der Waals surface area contributed by atoms with Crippen LogP contribution >= 0.6 is 15.9 Å². The standard InChI is InChI=1S/C10H13BrFNO4S/c11-8-1-2-10(9(12)7-8)18(15,16)13-3-5-17-6-4-14/h1-2,7,13-14H,3-6H2. The highest BCUT2D eigenvalue weighted by Gasteiger charge is 2.18. The first-order valence-electron chi connectivity index (χ1n) is 5.10. The molecule has 0 aliphatic carbocycles. The lowest BCUT2D eigenvalue weighted by atomic mass is 10.3. The number of hydrogen-bond acceptors (Lipinski definition) is 4. The number of aliphatic hydroxyl groups is 1. The molecule has 0 radical (unpaired) electrons. The van der Waals surface area contributed by atoms with Crippen molar-refractivity contribution in [3.05, 3.63) is 28.5 Å². The maximum Gasteiger partial charge on any atom is 0.243 e. The lowest BCUT2D eigenvalue weighted by Crippen LogP contribution is -2.28. The number of halogens is 2. The van der Waals surface area contributed by atoms with Crippen molar-refractivity contribution < 1.29 is 22.7 Å². The average molecular weight is 342 g/mol. The van der Waals surface area contributed by atoms with Gasteiger partial charge in [-0.05, 0) is 18.2 Å². The lowest BCUT2D eigenvalue weighted by molar-refractivity contribution is 0.0961. The molecule has 2 N–H and O–H groups in total. The Balaban J connectivity index is 2.63. The number of ether oxygens (including phenoxy) is 1. The molecule has 0 heterocycles. The SMILES string of the molecule is O=S(=O)(NCCOCCO)c1ccc(Br)cc1F. The van der Waals surface area contributed by atoms with Crippen molar-refractivity contribution >= 4 is 26.0 Å². The van der Waals surface area contributed by atoms with Crippen LogP contribution < -0.4 is 4.72 Å². The molecule has 0 atom stereocenters. The minimum Gasteiger partial charge on any atom is -0.394 e. The van der Waals surface area contributed by atoms with Gasteiger partial charge in [0.2, 0.25) is 10.0 Å². The zero-order valence-electron chi connectivity index (χ0n) is 9.40. The van der Waals surface area contributed by atoms with Crippen LogP contribution in [0.1, 0.15) is 0 Å². The van der Waals surface area contributed by atoms with Crippen molar-refractivity contribution in [3.63, 3.8) is 0 Å². The number of aliphatic hydroxyl groups excluding tert-OH is 1. The van der Waals surface area contributed by atoms with Crippen molar-refractivity contribution in [2.45, 2.75) is 4.90 Å². The van der Waals surface area contributed by atoms with Gasteiger partial charge in [0.1, 0.15) is 10.7 Å². The van der Waals surface area contributed by atoms with E-state index in [0.29, 0.717) is 4.47 Å². The van der Waals surface area contributed by atoms with Crippen LogP contribution in [0.5, 0.6) is 0 Å². The molecule has 8 heteroatoms. The Morgan fingerprint density at radius 2 is 2.11 bits per heavy atom. The van der Waals surface area contributed by atoms with Crippen LogP contribution in [0.3, 0.4) is 0 Å². The number of rotatable bonds is 7. The van der Waals surface area contributed by atoms with E-state index < -0.39 is 20.7 Å². The van der Waals surface area contributed by atoms with Crippen LogP contribution in [0, 0.1) is 5.82 Å². The van der Waals surface area contributed by atoms with Gasteiger partial charge in [0.25, 0.3) is 0 Å². The minimum atomic E-state index is -3.88. The van der Waals surface area contributed by atoms with Crippen LogP contribution in [-0.2, 0) is 14.8 Å². The smallest absolute Gasteiger partial charge is 0.243 e. The van der Waals surface area contributed by atoms with Crippen molar-refractivity contribution in [2.75, 3.05) is 26.4 Å². The predicted octanol–water partition coefficient (Wildman–Crippen LogP) is 0.875. The Morgan fingerprint density at radius 3 is 2.72 bits per heavy atom. The van der Waals surface area contributed by atoms with Crippen LogP contribution in [-0.4, -0.2) is 39.9 Å². The Labute approximate surface area is 113 Å². The molecule has 0 spiro atoms. The molecule has 5 nitrogen and oxygen atoms in total. The number of sulfonamides is 1. The normalized spacial score (nSPS) is 11.7. The van der Waals surface area contributed by atoms with E-state index in [-0.39, 0.29) is 26.4 Å². The van der Waals surface area contributed by atoms with E-state index >= 15 is 0 Å². The van der Waals surface area contributed by atoms with Gasteiger partial charge in [0.15, 0.2) is 0 Å². The third-order valence-electron chi connectivity index (χ3n) is 1.96. The maximum absolute atomic E-state index is 13.5. The van der Waals surface area contributed by atoms with Gasteiger partial charge in [0.05, 0.1) is 19.8 Å². The van der Waals surface area contributed by atoms with Gasteiger partial charge >= 0.3 is 0 Å². The van der Waals surface area contributed by atoms with Crippen molar-refractivity contribution in [3.8, 4) is 0 Å². The largest absolute Gasteiger partial charge is 0.394 e. The summed E-state index contributed by atoms with van der Waals surface area (Å²) in [6.07, 6.45) is 0. The van der Waals surface area contributed by atoms with Crippen LogP contribution in [0.4, 0.5) is 4.39 Å². The highest BCUT2D eigenvalue weighted by Crippen LogP contribution is 2.18. The van der Waals surface area contributed by atoms with Gasteiger partial charge < -0.3 is 9.84 Å². The Hall–Kier alpha value is -0.540.